The third-order valence-corrected chi connectivity index (χ3v) is 5.71. The quantitative estimate of drug-likeness (QED) is 0.760. The predicted octanol–water partition coefficient (Wildman–Crippen LogP) is 0.577. The van der Waals surface area contributed by atoms with Crippen LogP contribution in [0.4, 0.5) is 0 Å². The predicted molar refractivity (Wildman–Crippen MR) is 73.2 cm³/mol. The summed E-state index contributed by atoms with van der Waals surface area (Å²) in [5.74, 6) is 0. The van der Waals surface area contributed by atoms with Crippen LogP contribution in [0, 0.1) is 13.8 Å². The Kier molecular flexibility index (Phi) is 3.15. The van der Waals surface area contributed by atoms with Gasteiger partial charge < -0.3 is 0 Å². The molecule has 2 nitrogen and oxygen atoms in total. The van der Waals surface area contributed by atoms with Gasteiger partial charge in [0.1, 0.15) is 0 Å². The van der Waals surface area contributed by atoms with E-state index in [1.165, 1.54) is 0 Å². The van der Waals surface area contributed by atoms with Crippen LogP contribution in [0.3, 0.4) is 0 Å². The molecule has 2 rings (SSSR count). The van der Waals surface area contributed by atoms with Gasteiger partial charge in [-0.1, -0.05) is 0 Å². The number of rotatable bonds is 2. The number of benzene rings is 2. The van der Waals surface area contributed by atoms with Crippen LogP contribution in [-0.4, -0.2) is 18.2 Å². The van der Waals surface area contributed by atoms with Gasteiger partial charge in [-0.05, 0) is 0 Å². The molecule has 0 saturated heterocycles. The molecule has 3 heteroatoms. The third-order valence-electron chi connectivity index (χ3n) is 3.08. The van der Waals surface area contributed by atoms with Gasteiger partial charge in [0.05, 0.1) is 0 Å². The Morgan fingerprint density at radius 2 is 0.941 bits per heavy atom. The van der Waals surface area contributed by atoms with Gasteiger partial charge in [0.25, 0.3) is 0 Å². The first kappa shape index (κ1) is 12.0. The van der Waals surface area contributed by atoms with Gasteiger partial charge >= 0.3 is 102 Å². The number of hydrogen-bond acceptors (Lipinski definition) is 2. The molecule has 0 aliphatic heterocycles. The molecular weight excluding hydrogens is 228 g/mol. The molecule has 2 N–H and O–H groups in total. The molecule has 0 saturated carbocycles. The van der Waals surface area contributed by atoms with E-state index >= 15 is 0 Å². The van der Waals surface area contributed by atoms with Crippen molar-refractivity contribution in [3.8, 4) is 0 Å². The molecule has 0 amide bonds. The van der Waals surface area contributed by atoms with Crippen LogP contribution in [-0.2, 0) is 0 Å². The van der Waals surface area contributed by atoms with Gasteiger partial charge in [0.2, 0.25) is 0 Å². The summed E-state index contributed by atoms with van der Waals surface area (Å²) in [6, 6.07) is 14.9. The second-order valence-electron chi connectivity index (χ2n) is 4.60. The van der Waals surface area contributed by atoms with E-state index in [0.717, 1.165) is 11.1 Å². The summed E-state index contributed by atoms with van der Waals surface area (Å²) in [4.78, 5) is 20.7. The molecule has 2 aromatic carbocycles. The van der Waals surface area contributed by atoms with Gasteiger partial charge in [0, 0.05) is 0 Å². The molecule has 0 radical (unpaired) electrons. The van der Waals surface area contributed by atoms with Crippen molar-refractivity contribution < 1.29 is 9.59 Å². The van der Waals surface area contributed by atoms with Crippen molar-refractivity contribution in [3.63, 3.8) is 0 Å². The van der Waals surface area contributed by atoms with E-state index in [2.05, 4.69) is 0 Å². The van der Waals surface area contributed by atoms with Crippen molar-refractivity contribution in [3.05, 3.63) is 59.7 Å². The molecule has 0 bridgehead atoms. The summed E-state index contributed by atoms with van der Waals surface area (Å²) >= 11 is 0. The monoisotopic (exact) mass is 245 g/mol. The molecular formula is C14H17O2Si-. The molecule has 0 aliphatic carbocycles. The summed E-state index contributed by atoms with van der Waals surface area (Å²) in [5, 5.41) is 1.29. The van der Waals surface area contributed by atoms with Crippen molar-refractivity contribution in [2.24, 2.45) is 0 Å². The Morgan fingerprint density at radius 3 is 1.24 bits per heavy atom. The number of aryl methyl sites for hydroxylation is 2. The molecule has 90 valence electrons. The zero-order valence-corrected chi connectivity index (χ0v) is 11.2. The van der Waals surface area contributed by atoms with E-state index in [1.807, 2.05) is 38.1 Å². The average molecular weight is 245 g/mol. The summed E-state index contributed by atoms with van der Waals surface area (Å²) in [5.41, 5.74) is 2.24. The Morgan fingerprint density at radius 1 is 0.647 bits per heavy atom. The molecule has 0 spiro atoms. The normalized spacial score (nSPS) is 12.5. The van der Waals surface area contributed by atoms with Gasteiger partial charge in [0.15, 0.2) is 0 Å². The Bertz CT molecular complexity index is 453. The summed E-state index contributed by atoms with van der Waals surface area (Å²) in [6.07, 6.45) is 0. The van der Waals surface area contributed by atoms with E-state index in [0.29, 0.717) is 10.4 Å². The second-order valence-corrected chi connectivity index (χ2v) is 7.48. The first-order valence-corrected chi connectivity index (χ1v) is 7.92. The van der Waals surface area contributed by atoms with Crippen LogP contribution >= 0.6 is 0 Å². The minimum atomic E-state index is -3.82. The van der Waals surface area contributed by atoms with E-state index in [4.69, 9.17) is 0 Å². The van der Waals surface area contributed by atoms with Gasteiger partial charge in [-0.3, -0.25) is 0 Å². The summed E-state index contributed by atoms with van der Waals surface area (Å²) in [7, 11) is -3.82. The van der Waals surface area contributed by atoms with Crippen LogP contribution < -0.4 is 10.4 Å². The van der Waals surface area contributed by atoms with E-state index in [9.17, 15) is 9.59 Å². The standard InChI is InChI=1S/C14H17O2Si/c1-11-3-7-13(8-4-11)17(15,16)14-9-5-12(2)6-10-14/h3-10,15-17H,1-2H3/q-1. The molecule has 0 aliphatic rings. The zero-order valence-electron chi connectivity index (χ0n) is 10.1. The Hall–Kier alpha value is -1.42. The zero-order chi connectivity index (χ0) is 12.5. The molecule has 2 aromatic rings. The van der Waals surface area contributed by atoms with Crippen LogP contribution in [0.15, 0.2) is 48.5 Å². The van der Waals surface area contributed by atoms with Gasteiger partial charge in [-0.15, -0.1) is 0 Å². The van der Waals surface area contributed by atoms with Crippen molar-refractivity contribution in [1.29, 1.82) is 0 Å². The van der Waals surface area contributed by atoms with E-state index < -0.39 is 8.56 Å². The Labute approximate surface area is 102 Å². The Balaban J connectivity index is 2.41. The van der Waals surface area contributed by atoms with E-state index in [-0.39, 0.29) is 0 Å². The van der Waals surface area contributed by atoms with Crippen LogP contribution in [0.1, 0.15) is 11.1 Å². The second kappa shape index (κ2) is 4.45. The molecule has 0 aromatic heterocycles. The SMILES string of the molecule is Cc1ccc([SiH-](O)(O)c2ccc(C)cc2)cc1. The van der Waals surface area contributed by atoms with Gasteiger partial charge in [-0.25, -0.2) is 0 Å². The molecule has 0 heterocycles. The first-order chi connectivity index (χ1) is 8.00. The molecule has 0 unspecified atom stereocenters. The summed E-state index contributed by atoms with van der Waals surface area (Å²) in [6.45, 7) is 3.97. The fourth-order valence-corrected chi connectivity index (χ4v) is 3.71. The topological polar surface area (TPSA) is 40.5 Å². The van der Waals surface area contributed by atoms with Crippen LogP contribution in [0.25, 0.3) is 0 Å². The van der Waals surface area contributed by atoms with Crippen molar-refractivity contribution in [1.82, 2.24) is 0 Å². The van der Waals surface area contributed by atoms with Crippen LogP contribution in [0.2, 0.25) is 0 Å². The van der Waals surface area contributed by atoms with E-state index in [1.54, 1.807) is 24.3 Å². The fraction of sp³-hybridized carbons (Fsp3) is 0.143. The minimum absolute atomic E-state index is 0.645. The number of hydrogen-bond donors (Lipinski definition) is 2. The molecule has 0 atom stereocenters. The fourth-order valence-electron chi connectivity index (χ4n) is 1.86. The third kappa shape index (κ3) is 2.47. The summed E-state index contributed by atoms with van der Waals surface area (Å²) < 4.78 is 0. The van der Waals surface area contributed by atoms with Crippen molar-refractivity contribution in [2.75, 3.05) is 0 Å². The van der Waals surface area contributed by atoms with Gasteiger partial charge in [-0.2, -0.15) is 0 Å². The van der Waals surface area contributed by atoms with Crippen molar-refractivity contribution >= 4 is 18.9 Å². The van der Waals surface area contributed by atoms with Crippen molar-refractivity contribution in [2.45, 2.75) is 13.8 Å². The maximum absolute atomic E-state index is 10.4. The molecule has 0 fully saturated rings. The first-order valence-electron chi connectivity index (χ1n) is 5.74. The van der Waals surface area contributed by atoms with Crippen LogP contribution in [0.5, 0.6) is 0 Å². The molecule has 17 heavy (non-hydrogen) atoms. The average Bonchev–Trinajstić information content (AvgIpc) is 2.30. The maximum atomic E-state index is 10.4.